The van der Waals surface area contributed by atoms with Crippen LogP contribution in [0.5, 0.6) is 11.5 Å². The summed E-state index contributed by atoms with van der Waals surface area (Å²) in [5.41, 5.74) is 1.61. The summed E-state index contributed by atoms with van der Waals surface area (Å²) in [4.78, 5) is 24.3. The van der Waals surface area contributed by atoms with Crippen molar-refractivity contribution in [3.05, 3.63) is 72.3 Å². The minimum atomic E-state index is -0.927. The lowest BCUT2D eigenvalue weighted by atomic mass is 9.93. The molecule has 1 saturated carbocycles. The molecule has 0 aliphatic heterocycles. The normalized spacial score (nSPS) is 19.9. The Morgan fingerprint density at radius 2 is 1.73 bits per heavy atom. The van der Waals surface area contributed by atoms with Crippen LogP contribution >= 0.6 is 0 Å². The predicted octanol–water partition coefficient (Wildman–Crippen LogP) is 4.25. The molecule has 154 valence electrons. The molecular weight excluding hydrogens is 382 g/mol. The summed E-state index contributed by atoms with van der Waals surface area (Å²) in [5.74, 6) is -0.129. The molecule has 2 unspecified atom stereocenters. The van der Waals surface area contributed by atoms with E-state index in [0.717, 1.165) is 22.1 Å². The number of hydroxylamine groups is 1. The van der Waals surface area contributed by atoms with Gasteiger partial charge in [-0.05, 0) is 60.4 Å². The number of hydrogen-bond donors (Lipinski definition) is 2. The van der Waals surface area contributed by atoms with Gasteiger partial charge in [0.25, 0.3) is 0 Å². The number of rotatable bonds is 7. The van der Waals surface area contributed by atoms with Gasteiger partial charge in [-0.15, -0.1) is 0 Å². The first-order valence-corrected chi connectivity index (χ1v) is 9.92. The lowest BCUT2D eigenvalue weighted by Crippen LogP contribution is -2.30. The van der Waals surface area contributed by atoms with Gasteiger partial charge in [0.1, 0.15) is 11.5 Å². The van der Waals surface area contributed by atoms with Crippen LogP contribution in [0.2, 0.25) is 0 Å². The Balaban J connectivity index is 1.48. The molecule has 2 atom stereocenters. The highest BCUT2D eigenvalue weighted by Gasteiger charge is 2.64. The van der Waals surface area contributed by atoms with E-state index in [9.17, 15) is 9.59 Å². The molecule has 0 spiro atoms. The van der Waals surface area contributed by atoms with Crippen LogP contribution in [0.25, 0.3) is 10.8 Å². The largest absolute Gasteiger partial charge is 0.466 e. The molecule has 0 radical (unpaired) electrons. The standard InChI is InChI=1S/C24H23NO5/c1-2-29-23(27)24(15-21(24)22(26)25-28)14-16-7-10-19(11-8-16)30-20-12-9-17-5-3-4-6-18(17)13-20/h3-13,21,28H,2,14-15H2,1H3,(H,25,26). The zero-order valence-corrected chi connectivity index (χ0v) is 16.6. The van der Waals surface area contributed by atoms with Crippen LogP contribution in [0, 0.1) is 11.3 Å². The predicted molar refractivity (Wildman–Crippen MR) is 111 cm³/mol. The Kier molecular flexibility index (Phi) is 5.42. The number of amides is 1. The molecule has 3 aromatic carbocycles. The molecule has 3 aromatic rings. The smallest absolute Gasteiger partial charge is 0.313 e. The maximum atomic E-state index is 12.5. The van der Waals surface area contributed by atoms with Crippen LogP contribution in [-0.4, -0.2) is 23.7 Å². The van der Waals surface area contributed by atoms with Crippen LogP contribution < -0.4 is 10.2 Å². The van der Waals surface area contributed by atoms with Gasteiger partial charge in [0.2, 0.25) is 5.91 Å². The van der Waals surface area contributed by atoms with Crippen LogP contribution in [0.4, 0.5) is 0 Å². The third-order valence-electron chi connectivity index (χ3n) is 5.58. The van der Waals surface area contributed by atoms with Crippen molar-refractivity contribution in [2.24, 2.45) is 11.3 Å². The molecule has 0 saturated heterocycles. The molecular formula is C24H23NO5. The van der Waals surface area contributed by atoms with Crippen molar-refractivity contribution in [1.82, 2.24) is 5.48 Å². The van der Waals surface area contributed by atoms with Gasteiger partial charge >= 0.3 is 5.97 Å². The van der Waals surface area contributed by atoms with Gasteiger partial charge in [0, 0.05) is 0 Å². The van der Waals surface area contributed by atoms with Crippen molar-refractivity contribution in [3.8, 4) is 11.5 Å². The van der Waals surface area contributed by atoms with Gasteiger partial charge in [-0.25, -0.2) is 5.48 Å². The van der Waals surface area contributed by atoms with E-state index in [-0.39, 0.29) is 6.61 Å². The summed E-state index contributed by atoms with van der Waals surface area (Å²) in [6.45, 7) is 1.97. The van der Waals surface area contributed by atoms with Crippen LogP contribution in [0.1, 0.15) is 18.9 Å². The van der Waals surface area contributed by atoms with E-state index in [1.54, 1.807) is 12.4 Å². The van der Waals surface area contributed by atoms with Crippen molar-refractivity contribution in [2.75, 3.05) is 6.61 Å². The van der Waals surface area contributed by atoms with Gasteiger partial charge in [-0.2, -0.15) is 0 Å². The number of benzene rings is 3. The molecule has 1 aliphatic carbocycles. The maximum absolute atomic E-state index is 12.5. The SMILES string of the molecule is CCOC(=O)C1(Cc2ccc(Oc3ccc4ccccc4c3)cc2)CC1C(=O)NO. The first kappa shape index (κ1) is 19.9. The molecule has 1 fully saturated rings. The number of nitrogens with one attached hydrogen (secondary N) is 1. The summed E-state index contributed by atoms with van der Waals surface area (Å²) in [6, 6.07) is 21.4. The number of ether oxygens (including phenoxy) is 2. The average molecular weight is 405 g/mol. The number of carbonyl (C=O) groups excluding carboxylic acids is 2. The van der Waals surface area contributed by atoms with E-state index in [4.69, 9.17) is 14.7 Å². The van der Waals surface area contributed by atoms with E-state index < -0.39 is 23.2 Å². The molecule has 30 heavy (non-hydrogen) atoms. The summed E-state index contributed by atoms with van der Waals surface area (Å²) >= 11 is 0. The summed E-state index contributed by atoms with van der Waals surface area (Å²) in [7, 11) is 0. The second-order valence-corrected chi connectivity index (χ2v) is 7.54. The van der Waals surface area contributed by atoms with E-state index in [0.29, 0.717) is 18.6 Å². The highest BCUT2D eigenvalue weighted by molar-refractivity contribution is 5.93. The number of fused-ring (bicyclic) bond motifs is 1. The van der Waals surface area contributed by atoms with Crippen LogP contribution in [-0.2, 0) is 20.7 Å². The van der Waals surface area contributed by atoms with E-state index in [1.165, 1.54) is 0 Å². The second-order valence-electron chi connectivity index (χ2n) is 7.54. The van der Waals surface area contributed by atoms with Crippen LogP contribution in [0.3, 0.4) is 0 Å². The molecule has 4 rings (SSSR count). The first-order valence-electron chi connectivity index (χ1n) is 9.92. The minimum absolute atomic E-state index is 0.243. The van der Waals surface area contributed by atoms with Gasteiger partial charge in [0.05, 0.1) is 17.9 Å². The number of hydrogen-bond acceptors (Lipinski definition) is 5. The fraction of sp³-hybridized carbons (Fsp3) is 0.250. The third-order valence-corrected chi connectivity index (χ3v) is 5.58. The van der Waals surface area contributed by atoms with Crippen molar-refractivity contribution >= 4 is 22.6 Å². The molecule has 0 heterocycles. The van der Waals surface area contributed by atoms with Crippen molar-refractivity contribution in [3.63, 3.8) is 0 Å². The molecule has 0 aromatic heterocycles. The quantitative estimate of drug-likeness (QED) is 0.349. The van der Waals surface area contributed by atoms with Gasteiger partial charge in [0.15, 0.2) is 0 Å². The van der Waals surface area contributed by atoms with E-state index in [1.807, 2.05) is 60.7 Å². The molecule has 1 amide bonds. The van der Waals surface area contributed by atoms with Crippen molar-refractivity contribution in [2.45, 2.75) is 19.8 Å². The zero-order chi connectivity index (χ0) is 21.1. The first-order chi connectivity index (χ1) is 14.6. The molecule has 6 heteroatoms. The van der Waals surface area contributed by atoms with E-state index in [2.05, 4.69) is 6.07 Å². The topological polar surface area (TPSA) is 84.9 Å². The van der Waals surface area contributed by atoms with Crippen LogP contribution in [0.15, 0.2) is 66.7 Å². The zero-order valence-electron chi connectivity index (χ0n) is 16.6. The Morgan fingerprint density at radius 1 is 1.03 bits per heavy atom. The van der Waals surface area contributed by atoms with Gasteiger partial charge in [-0.1, -0.05) is 42.5 Å². The summed E-state index contributed by atoms with van der Waals surface area (Å²) in [5, 5.41) is 11.2. The Bertz CT molecular complexity index is 1080. The molecule has 1 aliphatic rings. The monoisotopic (exact) mass is 405 g/mol. The highest BCUT2D eigenvalue weighted by Crippen LogP contribution is 2.56. The van der Waals surface area contributed by atoms with Crippen molar-refractivity contribution in [1.29, 1.82) is 0 Å². The summed E-state index contributed by atoms with van der Waals surface area (Å²) in [6.07, 6.45) is 0.716. The van der Waals surface area contributed by atoms with Gasteiger partial charge < -0.3 is 9.47 Å². The lowest BCUT2D eigenvalue weighted by molar-refractivity contribution is -0.152. The number of esters is 1. The molecule has 0 bridgehead atoms. The average Bonchev–Trinajstić information content (AvgIpc) is 3.50. The Morgan fingerprint density at radius 3 is 2.43 bits per heavy atom. The Labute approximate surface area is 174 Å². The van der Waals surface area contributed by atoms with Gasteiger partial charge in [-0.3, -0.25) is 14.8 Å². The molecule has 6 nitrogen and oxygen atoms in total. The maximum Gasteiger partial charge on any atom is 0.313 e. The number of carbonyl (C=O) groups is 2. The third kappa shape index (κ3) is 3.86. The van der Waals surface area contributed by atoms with Crippen molar-refractivity contribution < 1.29 is 24.3 Å². The lowest BCUT2D eigenvalue weighted by Gasteiger charge is -2.16. The van der Waals surface area contributed by atoms with E-state index >= 15 is 0 Å². The highest BCUT2D eigenvalue weighted by atomic mass is 16.5. The fourth-order valence-corrected chi connectivity index (χ4v) is 3.90. The molecule has 2 N–H and O–H groups in total. The fourth-order valence-electron chi connectivity index (χ4n) is 3.90. The Hall–Kier alpha value is -3.38. The summed E-state index contributed by atoms with van der Waals surface area (Å²) < 4.78 is 11.1. The second kappa shape index (κ2) is 8.16. The minimum Gasteiger partial charge on any atom is -0.466 e.